The normalized spacial score (nSPS) is 12.1. The molecule has 0 aromatic carbocycles. The van der Waals surface area contributed by atoms with Gasteiger partial charge in [-0.1, -0.05) is 13.8 Å². The summed E-state index contributed by atoms with van der Waals surface area (Å²) in [5.74, 6) is 2.07. The van der Waals surface area contributed by atoms with Crippen molar-refractivity contribution in [1.82, 2.24) is 5.32 Å². The van der Waals surface area contributed by atoms with Crippen LogP contribution in [0.5, 0.6) is 0 Å². The fraction of sp³-hybridized carbons (Fsp3) is 0.667. The molecule has 0 saturated heterocycles. The molecule has 1 rings (SSSR count). The third-order valence-electron chi connectivity index (χ3n) is 2.77. The summed E-state index contributed by atoms with van der Waals surface area (Å²) in [7, 11) is 1.99. The zero-order valence-corrected chi connectivity index (χ0v) is 9.90. The van der Waals surface area contributed by atoms with Crippen molar-refractivity contribution in [1.29, 1.82) is 0 Å². The van der Waals surface area contributed by atoms with Crippen LogP contribution in [0, 0.1) is 13.8 Å². The Morgan fingerprint density at radius 3 is 2.43 bits per heavy atom. The summed E-state index contributed by atoms with van der Waals surface area (Å²) in [6.07, 6.45) is 1.13. The van der Waals surface area contributed by atoms with E-state index in [0.29, 0.717) is 0 Å². The maximum absolute atomic E-state index is 5.56. The van der Waals surface area contributed by atoms with Crippen molar-refractivity contribution in [2.75, 3.05) is 13.6 Å². The van der Waals surface area contributed by atoms with E-state index in [1.54, 1.807) is 0 Å². The van der Waals surface area contributed by atoms with Crippen LogP contribution in [0.25, 0.3) is 0 Å². The quantitative estimate of drug-likeness (QED) is 0.799. The molecule has 0 aliphatic rings. The van der Waals surface area contributed by atoms with E-state index in [9.17, 15) is 0 Å². The van der Waals surface area contributed by atoms with Gasteiger partial charge >= 0.3 is 0 Å². The first-order valence-corrected chi connectivity index (χ1v) is 5.19. The lowest BCUT2D eigenvalue weighted by Crippen LogP contribution is -2.23. The van der Waals surface area contributed by atoms with Gasteiger partial charge in [0.25, 0.3) is 0 Å². The van der Waals surface area contributed by atoms with Crippen LogP contribution in [0.15, 0.2) is 10.5 Å². The van der Waals surface area contributed by atoms with Crippen LogP contribution in [-0.2, 0) is 5.41 Å². The lowest BCUT2D eigenvalue weighted by Gasteiger charge is -2.23. The van der Waals surface area contributed by atoms with Crippen molar-refractivity contribution in [2.45, 2.75) is 39.5 Å². The first kappa shape index (κ1) is 11.3. The number of rotatable bonds is 4. The standard InChI is InChI=1S/C12H21NO/c1-9-8-11(10(2)14-9)12(3,4)6-7-13-5/h8,13H,6-7H2,1-5H3. The van der Waals surface area contributed by atoms with Crippen LogP contribution in [-0.4, -0.2) is 13.6 Å². The van der Waals surface area contributed by atoms with E-state index in [-0.39, 0.29) is 5.41 Å². The van der Waals surface area contributed by atoms with E-state index in [4.69, 9.17) is 4.42 Å². The van der Waals surface area contributed by atoms with Crippen molar-refractivity contribution in [3.8, 4) is 0 Å². The molecular formula is C12H21NO. The summed E-state index contributed by atoms with van der Waals surface area (Å²) >= 11 is 0. The fourth-order valence-electron chi connectivity index (χ4n) is 1.87. The van der Waals surface area contributed by atoms with E-state index < -0.39 is 0 Å². The maximum atomic E-state index is 5.56. The molecule has 0 aliphatic carbocycles. The van der Waals surface area contributed by atoms with Gasteiger partial charge in [0.2, 0.25) is 0 Å². The van der Waals surface area contributed by atoms with Gasteiger partial charge in [-0.15, -0.1) is 0 Å². The Kier molecular flexibility index (Phi) is 3.38. The molecule has 1 N–H and O–H groups in total. The van der Waals surface area contributed by atoms with Gasteiger partial charge in [0.05, 0.1) is 0 Å². The number of nitrogens with one attached hydrogen (secondary N) is 1. The summed E-state index contributed by atoms with van der Waals surface area (Å²) in [6, 6.07) is 2.16. The predicted octanol–water partition coefficient (Wildman–Crippen LogP) is 2.78. The first-order chi connectivity index (χ1) is 6.47. The molecule has 80 valence electrons. The summed E-state index contributed by atoms with van der Waals surface area (Å²) in [4.78, 5) is 0. The first-order valence-electron chi connectivity index (χ1n) is 5.19. The molecular weight excluding hydrogens is 174 g/mol. The smallest absolute Gasteiger partial charge is 0.104 e. The molecule has 0 unspecified atom stereocenters. The second kappa shape index (κ2) is 4.18. The molecule has 2 heteroatoms. The average molecular weight is 195 g/mol. The van der Waals surface area contributed by atoms with E-state index in [1.165, 1.54) is 5.56 Å². The minimum Gasteiger partial charge on any atom is -0.466 e. The molecule has 0 bridgehead atoms. The van der Waals surface area contributed by atoms with Crippen molar-refractivity contribution in [2.24, 2.45) is 0 Å². The third kappa shape index (κ3) is 2.38. The Balaban J connectivity index is 2.85. The Bertz CT molecular complexity index is 299. The van der Waals surface area contributed by atoms with Crippen LogP contribution in [0.1, 0.15) is 37.4 Å². The summed E-state index contributed by atoms with van der Waals surface area (Å²) in [6.45, 7) is 9.62. The highest BCUT2D eigenvalue weighted by atomic mass is 16.3. The van der Waals surface area contributed by atoms with Gasteiger partial charge in [-0.05, 0) is 50.9 Å². The fourth-order valence-corrected chi connectivity index (χ4v) is 1.87. The van der Waals surface area contributed by atoms with Gasteiger partial charge in [-0.3, -0.25) is 0 Å². The highest BCUT2D eigenvalue weighted by Gasteiger charge is 2.24. The van der Waals surface area contributed by atoms with E-state index in [0.717, 1.165) is 24.5 Å². The van der Waals surface area contributed by atoms with Crippen molar-refractivity contribution in [3.63, 3.8) is 0 Å². The second-order valence-electron chi connectivity index (χ2n) is 4.56. The number of furan rings is 1. The summed E-state index contributed by atoms with van der Waals surface area (Å²) < 4.78 is 5.56. The number of hydrogen-bond donors (Lipinski definition) is 1. The molecule has 1 aromatic heterocycles. The van der Waals surface area contributed by atoms with Gasteiger partial charge in [-0.25, -0.2) is 0 Å². The van der Waals surface area contributed by atoms with Gasteiger partial charge < -0.3 is 9.73 Å². The van der Waals surface area contributed by atoms with Crippen LogP contribution >= 0.6 is 0 Å². The van der Waals surface area contributed by atoms with Gasteiger partial charge in [0.1, 0.15) is 11.5 Å². The van der Waals surface area contributed by atoms with Crippen molar-refractivity contribution in [3.05, 3.63) is 23.2 Å². The van der Waals surface area contributed by atoms with Gasteiger partial charge in [0, 0.05) is 0 Å². The topological polar surface area (TPSA) is 25.2 Å². The minimum atomic E-state index is 0.199. The van der Waals surface area contributed by atoms with Crippen LogP contribution in [0.3, 0.4) is 0 Å². The molecule has 1 aromatic rings. The molecule has 1 heterocycles. The van der Waals surface area contributed by atoms with E-state index in [2.05, 4.69) is 25.2 Å². The lowest BCUT2D eigenvalue weighted by atomic mass is 9.81. The van der Waals surface area contributed by atoms with Crippen LogP contribution < -0.4 is 5.32 Å². The van der Waals surface area contributed by atoms with Crippen LogP contribution in [0.2, 0.25) is 0 Å². The molecule has 0 saturated carbocycles. The summed E-state index contributed by atoms with van der Waals surface area (Å²) in [5, 5.41) is 3.19. The monoisotopic (exact) mass is 195 g/mol. The molecule has 0 fully saturated rings. The predicted molar refractivity (Wildman–Crippen MR) is 59.8 cm³/mol. The molecule has 2 nitrogen and oxygen atoms in total. The highest BCUT2D eigenvalue weighted by molar-refractivity contribution is 5.28. The number of aryl methyl sites for hydroxylation is 2. The molecule has 0 amide bonds. The van der Waals surface area contributed by atoms with Gasteiger partial charge in [0.15, 0.2) is 0 Å². The van der Waals surface area contributed by atoms with E-state index in [1.807, 2.05) is 20.9 Å². The van der Waals surface area contributed by atoms with Crippen molar-refractivity contribution < 1.29 is 4.42 Å². The molecule has 0 aliphatic heterocycles. The Labute approximate surface area is 86.7 Å². The maximum Gasteiger partial charge on any atom is 0.104 e. The van der Waals surface area contributed by atoms with Gasteiger partial charge in [-0.2, -0.15) is 0 Å². The SMILES string of the molecule is CNCCC(C)(C)c1cc(C)oc1C. The lowest BCUT2D eigenvalue weighted by molar-refractivity contribution is 0.445. The molecule has 0 atom stereocenters. The minimum absolute atomic E-state index is 0.199. The van der Waals surface area contributed by atoms with Crippen molar-refractivity contribution >= 4 is 0 Å². The largest absolute Gasteiger partial charge is 0.466 e. The highest BCUT2D eigenvalue weighted by Crippen LogP contribution is 2.31. The average Bonchev–Trinajstić information content (AvgIpc) is 2.42. The zero-order chi connectivity index (χ0) is 10.8. The Morgan fingerprint density at radius 2 is 2.00 bits per heavy atom. The van der Waals surface area contributed by atoms with Crippen LogP contribution in [0.4, 0.5) is 0 Å². The number of hydrogen-bond acceptors (Lipinski definition) is 2. The summed E-state index contributed by atoms with van der Waals surface area (Å²) in [5.41, 5.74) is 1.54. The molecule has 14 heavy (non-hydrogen) atoms. The second-order valence-corrected chi connectivity index (χ2v) is 4.56. The Morgan fingerprint density at radius 1 is 1.36 bits per heavy atom. The Hall–Kier alpha value is -0.760. The molecule has 0 radical (unpaired) electrons. The zero-order valence-electron chi connectivity index (χ0n) is 9.90. The molecule has 0 spiro atoms. The van der Waals surface area contributed by atoms with E-state index >= 15 is 0 Å². The third-order valence-corrected chi connectivity index (χ3v) is 2.77.